The molecule has 2 aromatic rings. The summed E-state index contributed by atoms with van der Waals surface area (Å²) in [4.78, 5) is 27.9. The monoisotopic (exact) mass is 425 g/mol. The van der Waals surface area contributed by atoms with E-state index in [-0.39, 0.29) is 18.3 Å². The maximum atomic E-state index is 13.9. The highest BCUT2D eigenvalue weighted by Crippen LogP contribution is 2.36. The van der Waals surface area contributed by atoms with Crippen LogP contribution in [-0.2, 0) is 14.3 Å². The van der Waals surface area contributed by atoms with Crippen LogP contribution in [0.1, 0.15) is 13.8 Å². The normalized spacial score (nSPS) is 13.7. The zero-order valence-electron chi connectivity index (χ0n) is 14.1. The number of amides is 1. The van der Waals surface area contributed by atoms with E-state index in [1.54, 1.807) is 0 Å². The molecule has 27 heavy (non-hydrogen) atoms. The van der Waals surface area contributed by atoms with Gasteiger partial charge in [0.2, 0.25) is 0 Å². The Labute approximate surface area is 160 Å². The minimum atomic E-state index is -5.26. The van der Waals surface area contributed by atoms with E-state index in [1.807, 2.05) is 5.32 Å². The van der Waals surface area contributed by atoms with Crippen molar-refractivity contribution < 1.29 is 32.2 Å². The van der Waals surface area contributed by atoms with Gasteiger partial charge in [-0.3, -0.25) is 5.32 Å². The van der Waals surface area contributed by atoms with Gasteiger partial charge >= 0.3 is 23.9 Å². The van der Waals surface area contributed by atoms with Crippen LogP contribution in [0.15, 0.2) is 18.2 Å². The second-order valence-corrected chi connectivity index (χ2v) is 6.54. The summed E-state index contributed by atoms with van der Waals surface area (Å²) in [5.41, 5.74) is -3.21. The fourth-order valence-corrected chi connectivity index (χ4v) is 3.26. The van der Waals surface area contributed by atoms with Gasteiger partial charge in [0.05, 0.1) is 23.4 Å². The summed E-state index contributed by atoms with van der Waals surface area (Å²) in [6.07, 6.45) is -6.71. The predicted molar refractivity (Wildman–Crippen MR) is 93.8 cm³/mol. The third kappa shape index (κ3) is 4.53. The zero-order valence-corrected chi connectivity index (χ0v) is 15.7. The first-order valence-corrected chi connectivity index (χ1v) is 8.85. The Bertz CT molecular complexity index is 845. The Balaban J connectivity index is 2.50. The molecule has 1 unspecified atom stereocenters. The number of nitrogens with one attached hydrogen (secondary N) is 2. The van der Waals surface area contributed by atoms with E-state index in [1.165, 1.54) is 37.4 Å². The number of fused-ring (bicyclic) bond motifs is 1. The Hall–Kier alpha value is -2.27. The van der Waals surface area contributed by atoms with Crippen LogP contribution in [0, 0.1) is 0 Å². The lowest BCUT2D eigenvalue weighted by molar-refractivity contribution is -0.205. The van der Waals surface area contributed by atoms with Crippen LogP contribution in [0.2, 0.25) is 5.02 Å². The van der Waals surface area contributed by atoms with Crippen molar-refractivity contribution in [3.63, 3.8) is 0 Å². The van der Waals surface area contributed by atoms with Crippen molar-refractivity contribution in [1.82, 2.24) is 10.3 Å². The van der Waals surface area contributed by atoms with Crippen molar-refractivity contribution in [3.05, 3.63) is 23.2 Å². The van der Waals surface area contributed by atoms with E-state index < -0.39 is 23.9 Å². The molecule has 0 spiro atoms. The van der Waals surface area contributed by atoms with Crippen molar-refractivity contribution in [1.29, 1.82) is 0 Å². The fourth-order valence-electron chi connectivity index (χ4n) is 2.06. The molecule has 1 aromatic heterocycles. The molecule has 148 valence electrons. The van der Waals surface area contributed by atoms with E-state index in [4.69, 9.17) is 11.6 Å². The van der Waals surface area contributed by atoms with Crippen molar-refractivity contribution in [2.45, 2.75) is 25.7 Å². The molecule has 0 saturated heterocycles. The highest BCUT2D eigenvalue weighted by atomic mass is 35.5. The zero-order chi connectivity index (χ0) is 20.2. The molecule has 0 aliphatic rings. The number of alkyl halides is 3. The molecule has 1 atom stereocenters. The lowest BCUT2D eigenvalue weighted by Crippen LogP contribution is -2.69. The van der Waals surface area contributed by atoms with Gasteiger partial charge in [0.1, 0.15) is 0 Å². The summed E-state index contributed by atoms with van der Waals surface area (Å²) in [5.74, 6) is -1.75. The van der Waals surface area contributed by atoms with Crippen molar-refractivity contribution in [2.24, 2.45) is 0 Å². The number of ether oxygens (including phenoxy) is 2. The molecule has 0 radical (unpaired) electrons. The highest BCUT2D eigenvalue weighted by molar-refractivity contribution is 7.22. The molecule has 12 heteroatoms. The van der Waals surface area contributed by atoms with Crippen LogP contribution in [0.3, 0.4) is 0 Å². The van der Waals surface area contributed by atoms with Gasteiger partial charge in [-0.05, 0) is 32.0 Å². The number of carbonyl (C=O) groups is 2. The summed E-state index contributed by atoms with van der Waals surface area (Å²) in [7, 11) is 0. The lowest BCUT2D eigenvalue weighted by atomic mass is 10.1. The fraction of sp³-hybridized carbons (Fsp3) is 0.400. The van der Waals surface area contributed by atoms with Crippen LogP contribution in [0.25, 0.3) is 10.2 Å². The van der Waals surface area contributed by atoms with E-state index >= 15 is 0 Å². The Morgan fingerprint density at radius 1 is 1.22 bits per heavy atom. The third-order valence-electron chi connectivity index (χ3n) is 3.22. The molecule has 0 fully saturated rings. The first-order valence-electron chi connectivity index (χ1n) is 7.66. The van der Waals surface area contributed by atoms with E-state index in [0.717, 1.165) is 11.3 Å². The number of alkyl carbamates (subject to hydrolysis) is 1. The number of anilines is 1. The van der Waals surface area contributed by atoms with Crippen molar-refractivity contribution in [2.75, 3.05) is 18.5 Å². The molecule has 1 heterocycles. The number of carbonyl (C=O) groups excluding carboxylic acids is 2. The Kier molecular flexibility index (Phi) is 6.37. The molecule has 1 amide bonds. The molecular weight excluding hydrogens is 411 g/mol. The predicted octanol–water partition coefficient (Wildman–Crippen LogP) is 3.93. The van der Waals surface area contributed by atoms with Crippen LogP contribution in [-0.4, -0.2) is 42.1 Å². The summed E-state index contributed by atoms with van der Waals surface area (Å²) in [6, 6.07) is 4.54. The summed E-state index contributed by atoms with van der Waals surface area (Å²) in [5, 5.41) is 3.60. The van der Waals surface area contributed by atoms with Gasteiger partial charge in [0.15, 0.2) is 5.13 Å². The van der Waals surface area contributed by atoms with E-state index in [9.17, 15) is 22.8 Å². The number of hydrogen-bond acceptors (Lipinski definition) is 7. The molecule has 1 aromatic carbocycles. The van der Waals surface area contributed by atoms with Gasteiger partial charge in [-0.2, -0.15) is 13.2 Å². The van der Waals surface area contributed by atoms with Crippen LogP contribution < -0.4 is 10.6 Å². The van der Waals surface area contributed by atoms with Gasteiger partial charge in [-0.1, -0.05) is 22.9 Å². The van der Waals surface area contributed by atoms with E-state index in [0.29, 0.717) is 15.2 Å². The summed E-state index contributed by atoms with van der Waals surface area (Å²) in [6.45, 7) is 2.22. The van der Waals surface area contributed by atoms with Crippen molar-refractivity contribution >= 4 is 50.3 Å². The van der Waals surface area contributed by atoms with Gasteiger partial charge in [-0.15, -0.1) is 0 Å². The first kappa shape index (κ1) is 21.0. The topological polar surface area (TPSA) is 89.5 Å². The number of rotatable bonds is 6. The Morgan fingerprint density at radius 3 is 2.48 bits per heavy atom. The molecule has 0 aliphatic carbocycles. The molecule has 7 nitrogen and oxygen atoms in total. The third-order valence-corrected chi connectivity index (χ3v) is 4.39. The maximum Gasteiger partial charge on any atom is 0.442 e. The second-order valence-electron chi connectivity index (χ2n) is 5.07. The molecule has 0 aliphatic heterocycles. The number of nitrogens with zero attached hydrogens (tertiary/aromatic N) is 1. The molecule has 0 bridgehead atoms. The van der Waals surface area contributed by atoms with Crippen LogP contribution >= 0.6 is 22.9 Å². The Morgan fingerprint density at radius 2 is 1.89 bits per heavy atom. The van der Waals surface area contributed by atoms with Gasteiger partial charge < -0.3 is 14.8 Å². The summed E-state index contributed by atoms with van der Waals surface area (Å²) >= 11 is 6.68. The highest BCUT2D eigenvalue weighted by Gasteiger charge is 2.64. The van der Waals surface area contributed by atoms with Crippen LogP contribution in [0.4, 0.5) is 23.1 Å². The number of esters is 1. The second kappa shape index (κ2) is 8.17. The van der Waals surface area contributed by atoms with Gasteiger partial charge in [0.25, 0.3) is 0 Å². The largest absolute Gasteiger partial charge is 0.463 e. The summed E-state index contributed by atoms with van der Waals surface area (Å²) < 4.78 is 51.2. The van der Waals surface area contributed by atoms with E-state index in [2.05, 4.69) is 14.5 Å². The molecular formula is C15H15ClF3N3O4S. The number of benzene rings is 1. The van der Waals surface area contributed by atoms with Crippen LogP contribution in [0.5, 0.6) is 0 Å². The smallest absolute Gasteiger partial charge is 0.442 e. The number of hydrogen-bond donors (Lipinski definition) is 2. The quantitative estimate of drug-likeness (QED) is 0.538. The minimum absolute atomic E-state index is 0.192. The molecule has 0 saturated carbocycles. The van der Waals surface area contributed by atoms with Crippen molar-refractivity contribution in [3.8, 4) is 0 Å². The number of halogens is 4. The number of thiazole rings is 1. The average Bonchev–Trinajstić information content (AvgIpc) is 2.94. The van der Waals surface area contributed by atoms with Gasteiger partial charge in [-0.25, -0.2) is 14.6 Å². The maximum absolute atomic E-state index is 13.9. The standard InChI is InChI=1S/C15H15ClF3N3O4S/c1-3-25-11(23)14(15(17,18)19,22-13(24)26-4-2)21-12-20-9-6-5-8(16)7-10(9)27-12/h5-7H,3-4H2,1-2H3,(H,20,21)(H,22,24). The van der Waals surface area contributed by atoms with Gasteiger partial charge in [0, 0.05) is 5.02 Å². The first-order chi connectivity index (χ1) is 12.6. The molecule has 2 rings (SSSR count). The number of aromatic nitrogens is 1. The minimum Gasteiger partial charge on any atom is -0.463 e. The molecule has 2 N–H and O–H groups in total. The SMILES string of the molecule is CCOC(=O)NC(Nc1nc2ccc(Cl)cc2s1)(C(=O)OCC)C(F)(F)F. The lowest BCUT2D eigenvalue weighted by Gasteiger charge is -2.33. The average molecular weight is 426 g/mol.